The normalized spacial score (nSPS) is 9.84. The molecule has 1 aromatic rings. The number of amides is 1. The van der Waals surface area contributed by atoms with Gasteiger partial charge in [-0.1, -0.05) is 0 Å². The Balaban J connectivity index is 2.75. The van der Waals surface area contributed by atoms with E-state index in [1.54, 1.807) is 14.1 Å². The number of nitrogens with one attached hydrogen (secondary N) is 2. The van der Waals surface area contributed by atoms with Gasteiger partial charge in [0.05, 0.1) is 4.92 Å². The van der Waals surface area contributed by atoms with Gasteiger partial charge in [0.15, 0.2) is 0 Å². The second-order valence-corrected chi connectivity index (χ2v) is 3.79. The zero-order valence-electron chi connectivity index (χ0n) is 10.6. The fourth-order valence-corrected chi connectivity index (χ4v) is 1.22. The molecule has 104 valence electrons. The van der Waals surface area contributed by atoms with Crippen LogP contribution in [0.15, 0.2) is 6.20 Å². The van der Waals surface area contributed by atoms with E-state index in [9.17, 15) is 14.9 Å². The minimum absolute atomic E-state index is 0.0134. The van der Waals surface area contributed by atoms with Crippen LogP contribution in [0.25, 0.3) is 0 Å². The van der Waals surface area contributed by atoms with Crippen LogP contribution >= 0.6 is 0 Å². The van der Waals surface area contributed by atoms with Crippen LogP contribution in [-0.4, -0.2) is 46.3 Å². The molecule has 10 heteroatoms. The van der Waals surface area contributed by atoms with E-state index in [4.69, 9.17) is 5.84 Å². The van der Waals surface area contributed by atoms with Gasteiger partial charge in [-0.25, -0.2) is 10.8 Å². The largest absolute Gasteiger partial charge is 0.364 e. The number of nitrogens with two attached hydrogens (primary N) is 1. The third-order valence-electron chi connectivity index (χ3n) is 2.23. The van der Waals surface area contributed by atoms with Crippen LogP contribution in [0.5, 0.6) is 0 Å². The first-order valence-corrected chi connectivity index (χ1v) is 5.37. The molecule has 0 unspecified atom stereocenters. The number of anilines is 2. The highest BCUT2D eigenvalue weighted by Crippen LogP contribution is 2.21. The van der Waals surface area contributed by atoms with Crippen molar-refractivity contribution in [3.05, 3.63) is 16.3 Å². The number of aromatic nitrogens is 2. The number of hydrogen-bond acceptors (Lipinski definition) is 8. The van der Waals surface area contributed by atoms with Gasteiger partial charge in [0.25, 0.3) is 0 Å². The van der Waals surface area contributed by atoms with Gasteiger partial charge < -0.3 is 10.2 Å². The van der Waals surface area contributed by atoms with Gasteiger partial charge in [0, 0.05) is 27.1 Å². The van der Waals surface area contributed by atoms with Gasteiger partial charge in [0.1, 0.15) is 6.20 Å². The Hall–Kier alpha value is -2.49. The lowest BCUT2D eigenvalue weighted by molar-refractivity contribution is -0.384. The highest BCUT2D eigenvalue weighted by molar-refractivity contribution is 5.76. The van der Waals surface area contributed by atoms with E-state index >= 15 is 0 Å². The molecule has 1 amide bonds. The fraction of sp³-hybridized carbons (Fsp3) is 0.444. The van der Waals surface area contributed by atoms with Crippen molar-refractivity contribution >= 4 is 23.4 Å². The van der Waals surface area contributed by atoms with Gasteiger partial charge >= 0.3 is 5.69 Å². The summed E-state index contributed by atoms with van der Waals surface area (Å²) in [6.45, 7) is 0.221. The zero-order chi connectivity index (χ0) is 14.4. The second-order valence-electron chi connectivity index (χ2n) is 3.79. The van der Waals surface area contributed by atoms with E-state index in [0.29, 0.717) is 0 Å². The number of hydrogen-bond donors (Lipinski definition) is 3. The third-order valence-corrected chi connectivity index (χ3v) is 2.23. The predicted molar refractivity (Wildman–Crippen MR) is 68.3 cm³/mol. The van der Waals surface area contributed by atoms with Crippen molar-refractivity contribution in [1.29, 1.82) is 0 Å². The topological polar surface area (TPSA) is 139 Å². The number of nitrogens with zero attached hydrogens (tertiary/aromatic N) is 4. The molecule has 0 bridgehead atoms. The monoisotopic (exact) mass is 269 g/mol. The van der Waals surface area contributed by atoms with Crippen LogP contribution in [0.4, 0.5) is 17.5 Å². The molecule has 1 rings (SSSR count). The molecule has 0 aliphatic rings. The minimum Gasteiger partial charge on any atom is -0.364 e. The molecule has 0 aliphatic carbocycles. The van der Waals surface area contributed by atoms with E-state index in [1.165, 1.54) is 4.90 Å². The highest BCUT2D eigenvalue weighted by atomic mass is 16.6. The molecule has 0 radical (unpaired) electrons. The predicted octanol–water partition coefficient (Wildman–Crippen LogP) is -0.439. The average Bonchev–Trinajstić information content (AvgIpc) is 2.37. The lowest BCUT2D eigenvalue weighted by Crippen LogP contribution is -2.24. The SMILES string of the molecule is CN(C)C(=O)CCNc1nc(NN)ncc1[N+](=O)[O-]. The van der Waals surface area contributed by atoms with Crippen molar-refractivity contribution < 1.29 is 9.72 Å². The number of nitro groups is 1. The van der Waals surface area contributed by atoms with E-state index in [0.717, 1.165) is 6.20 Å². The molecule has 1 aromatic heterocycles. The molecule has 0 spiro atoms. The Bertz CT molecular complexity index is 477. The maximum Gasteiger partial charge on any atom is 0.329 e. The molecule has 0 fully saturated rings. The van der Waals surface area contributed by atoms with Crippen LogP contribution in [-0.2, 0) is 4.79 Å². The third kappa shape index (κ3) is 4.03. The Morgan fingerprint density at radius 2 is 2.26 bits per heavy atom. The Morgan fingerprint density at radius 1 is 1.58 bits per heavy atom. The van der Waals surface area contributed by atoms with Crippen LogP contribution in [0, 0.1) is 10.1 Å². The van der Waals surface area contributed by atoms with E-state index < -0.39 is 4.92 Å². The smallest absolute Gasteiger partial charge is 0.329 e. The molecule has 0 saturated carbocycles. The van der Waals surface area contributed by atoms with Crippen molar-refractivity contribution in [1.82, 2.24) is 14.9 Å². The van der Waals surface area contributed by atoms with Crippen molar-refractivity contribution in [2.24, 2.45) is 5.84 Å². The molecule has 1 heterocycles. The number of nitrogen functional groups attached to an aromatic ring is 1. The molecule has 0 saturated heterocycles. The quantitative estimate of drug-likeness (QED) is 0.359. The summed E-state index contributed by atoms with van der Waals surface area (Å²) in [5.41, 5.74) is 1.91. The summed E-state index contributed by atoms with van der Waals surface area (Å²) < 4.78 is 0. The molecular formula is C9H15N7O3. The molecule has 19 heavy (non-hydrogen) atoms. The van der Waals surface area contributed by atoms with Crippen molar-refractivity contribution in [2.45, 2.75) is 6.42 Å². The van der Waals surface area contributed by atoms with Crippen LogP contribution in [0.3, 0.4) is 0 Å². The Morgan fingerprint density at radius 3 is 2.79 bits per heavy atom. The number of carbonyl (C=O) groups is 1. The first-order chi connectivity index (χ1) is 8.95. The van der Waals surface area contributed by atoms with Gasteiger partial charge in [0.2, 0.25) is 17.7 Å². The summed E-state index contributed by atoms with van der Waals surface area (Å²) in [4.78, 5) is 30.4. The van der Waals surface area contributed by atoms with Crippen molar-refractivity contribution in [3.63, 3.8) is 0 Å². The molecular weight excluding hydrogens is 254 g/mol. The van der Waals surface area contributed by atoms with Gasteiger partial charge in [-0.05, 0) is 0 Å². The maximum atomic E-state index is 11.4. The molecule has 0 aliphatic heterocycles. The Labute approximate surface area is 109 Å². The lowest BCUT2D eigenvalue weighted by Gasteiger charge is -2.11. The molecule has 0 aromatic carbocycles. The zero-order valence-corrected chi connectivity index (χ0v) is 10.6. The van der Waals surface area contributed by atoms with Crippen LogP contribution in [0.2, 0.25) is 0 Å². The van der Waals surface area contributed by atoms with E-state index in [-0.39, 0.29) is 36.3 Å². The summed E-state index contributed by atoms with van der Waals surface area (Å²) in [6, 6.07) is 0. The first-order valence-electron chi connectivity index (χ1n) is 5.37. The van der Waals surface area contributed by atoms with Crippen LogP contribution in [0.1, 0.15) is 6.42 Å². The second kappa shape index (κ2) is 6.44. The standard InChI is InChI=1S/C9H15N7O3/c1-15(2)7(17)3-4-11-8-6(16(18)19)5-12-9(13-8)14-10/h5H,3-4,10H2,1-2H3,(H2,11,12,13,14). The molecule has 0 atom stereocenters. The van der Waals surface area contributed by atoms with E-state index in [2.05, 4.69) is 20.7 Å². The number of rotatable bonds is 6. The number of hydrazine groups is 1. The Kier molecular flexibility index (Phi) is 4.94. The van der Waals surface area contributed by atoms with Crippen molar-refractivity contribution in [3.8, 4) is 0 Å². The summed E-state index contributed by atoms with van der Waals surface area (Å²) in [5.74, 6) is 5.09. The van der Waals surface area contributed by atoms with Gasteiger partial charge in [-0.15, -0.1) is 0 Å². The highest BCUT2D eigenvalue weighted by Gasteiger charge is 2.17. The summed E-state index contributed by atoms with van der Waals surface area (Å²) >= 11 is 0. The summed E-state index contributed by atoms with van der Waals surface area (Å²) in [6.07, 6.45) is 1.23. The molecule has 4 N–H and O–H groups in total. The molecule has 10 nitrogen and oxygen atoms in total. The van der Waals surface area contributed by atoms with Crippen molar-refractivity contribution in [2.75, 3.05) is 31.4 Å². The fourth-order valence-electron chi connectivity index (χ4n) is 1.22. The van der Waals surface area contributed by atoms with Gasteiger partial charge in [-0.3, -0.25) is 20.3 Å². The lowest BCUT2D eigenvalue weighted by atomic mass is 10.3. The van der Waals surface area contributed by atoms with Gasteiger partial charge in [-0.2, -0.15) is 4.98 Å². The van der Waals surface area contributed by atoms with E-state index in [1.807, 2.05) is 0 Å². The summed E-state index contributed by atoms with van der Waals surface area (Å²) in [5, 5.41) is 13.5. The average molecular weight is 269 g/mol. The first kappa shape index (κ1) is 14.6. The number of carbonyl (C=O) groups excluding carboxylic acids is 1. The minimum atomic E-state index is -0.615. The van der Waals surface area contributed by atoms with Crippen LogP contribution < -0.4 is 16.6 Å². The maximum absolute atomic E-state index is 11.4. The summed E-state index contributed by atoms with van der Waals surface area (Å²) in [7, 11) is 3.26.